The molecule has 1 aliphatic rings. The Balaban J connectivity index is 2.41. The van der Waals surface area contributed by atoms with Crippen LogP contribution in [0.15, 0.2) is 12.2 Å². The second-order valence-electron chi connectivity index (χ2n) is 3.09. The predicted molar refractivity (Wildman–Crippen MR) is 43.7 cm³/mol. The van der Waals surface area contributed by atoms with Gasteiger partial charge in [0.2, 0.25) is 0 Å². The summed E-state index contributed by atoms with van der Waals surface area (Å²) in [5, 5.41) is 8.34. The molecule has 0 radical (unpaired) electrons. The molecule has 0 amide bonds. The van der Waals surface area contributed by atoms with Gasteiger partial charge in [0.05, 0.1) is 0 Å². The Morgan fingerprint density at radius 1 is 1.58 bits per heavy atom. The van der Waals surface area contributed by atoms with Crippen molar-refractivity contribution in [3.63, 3.8) is 0 Å². The molecule has 1 fully saturated rings. The summed E-state index contributed by atoms with van der Waals surface area (Å²) in [6.07, 6.45) is 5.77. The molecule has 1 atom stereocenters. The molecule has 0 heterocycles. The number of hydrogen-bond acceptors (Lipinski definition) is 2. The van der Waals surface area contributed by atoms with Gasteiger partial charge in [0.1, 0.15) is 5.78 Å². The van der Waals surface area contributed by atoms with Crippen LogP contribution in [0.5, 0.6) is 0 Å². The van der Waals surface area contributed by atoms with E-state index in [0.29, 0.717) is 12.8 Å². The van der Waals surface area contributed by atoms with Gasteiger partial charge in [0.25, 0.3) is 0 Å². The summed E-state index contributed by atoms with van der Waals surface area (Å²) in [4.78, 5) is 21.1. The molecule has 66 valence electrons. The molecule has 3 nitrogen and oxygen atoms in total. The average Bonchev–Trinajstić information content (AvgIpc) is 2.01. The zero-order valence-electron chi connectivity index (χ0n) is 6.82. The van der Waals surface area contributed by atoms with Gasteiger partial charge in [0, 0.05) is 18.9 Å². The first kappa shape index (κ1) is 8.97. The number of rotatable bonds is 2. The van der Waals surface area contributed by atoms with Crippen molar-refractivity contribution < 1.29 is 14.7 Å². The number of aliphatic carboxylic acids is 1. The van der Waals surface area contributed by atoms with Crippen molar-refractivity contribution in [2.45, 2.75) is 25.7 Å². The molecule has 1 rings (SSSR count). The zero-order chi connectivity index (χ0) is 8.97. The summed E-state index contributed by atoms with van der Waals surface area (Å²) in [7, 11) is 0. The van der Waals surface area contributed by atoms with E-state index in [9.17, 15) is 9.59 Å². The van der Waals surface area contributed by atoms with E-state index >= 15 is 0 Å². The van der Waals surface area contributed by atoms with E-state index in [1.807, 2.05) is 0 Å². The third-order valence-corrected chi connectivity index (χ3v) is 2.03. The fourth-order valence-electron chi connectivity index (χ4n) is 1.44. The standard InChI is InChI=1S/C9H12O3/c10-8-3-1-2-7(6-8)4-5-9(11)12/h4-5,7H,1-3,6H2,(H,11,12). The van der Waals surface area contributed by atoms with Crippen LogP contribution in [0.3, 0.4) is 0 Å². The SMILES string of the molecule is O=C(O)C=CC1CCCC(=O)C1. The number of carboxylic acids is 1. The maximum atomic E-state index is 10.9. The highest BCUT2D eigenvalue weighted by Gasteiger charge is 2.16. The molecule has 3 heteroatoms. The monoisotopic (exact) mass is 168 g/mol. The Bertz CT molecular complexity index is 218. The molecule has 1 saturated carbocycles. The van der Waals surface area contributed by atoms with E-state index in [2.05, 4.69) is 0 Å². The molecule has 1 N–H and O–H groups in total. The van der Waals surface area contributed by atoms with E-state index in [4.69, 9.17) is 5.11 Å². The third kappa shape index (κ3) is 2.86. The first-order chi connectivity index (χ1) is 5.68. The van der Waals surface area contributed by atoms with Crippen LogP contribution in [-0.4, -0.2) is 16.9 Å². The van der Waals surface area contributed by atoms with Crippen molar-refractivity contribution in [3.8, 4) is 0 Å². The van der Waals surface area contributed by atoms with E-state index in [-0.39, 0.29) is 11.7 Å². The van der Waals surface area contributed by atoms with Crippen LogP contribution in [0.25, 0.3) is 0 Å². The summed E-state index contributed by atoms with van der Waals surface area (Å²) in [6, 6.07) is 0. The molecule has 12 heavy (non-hydrogen) atoms. The van der Waals surface area contributed by atoms with E-state index in [1.165, 1.54) is 0 Å². The molecule has 0 aromatic rings. The molecule has 0 aromatic heterocycles. The van der Waals surface area contributed by atoms with Crippen molar-refractivity contribution >= 4 is 11.8 Å². The summed E-state index contributed by atoms with van der Waals surface area (Å²) < 4.78 is 0. The largest absolute Gasteiger partial charge is 0.478 e. The molecule has 1 aliphatic carbocycles. The molecular formula is C9H12O3. The lowest BCUT2D eigenvalue weighted by Crippen LogP contribution is -2.13. The first-order valence-corrected chi connectivity index (χ1v) is 4.11. The van der Waals surface area contributed by atoms with Gasteiger partial charge >= 0.3 is 5.97 Å². The summed E-state index contributed by atoms with van der Waals surface area (Å²) in [5.41, 5.74) is 0. The number of Topliss-reactive ketones (excluding diaryl/α,β-unsaturated/α-hetero) is 1. The molecular weight excluding hydrogens is 156 g/mol. The maximum absolute atomic E-state index is 10.9. The van der Waals surface area contributed by atoms with Gasteiger partial charge in [-0.1, -0.05) is 6.08 Å². The van der Waals surface area contributed by atoms with Gasteiger partial charge in [-0.3, -0.25) is 4.79 Å². The number of carbonyl (C=O) groups is 2. The second-order valence-corrected chi connectivity index (χ2v) is 3.09. The Morgan fingerprint density at radius 3 is 2.92 bits per heavy atom. The van der Waals surface area contributed by atoms with Crippen LogP contribution in [0.1, 0.15) is 25.7 Å². The van der Waals surface area contributed by atoms with Gasteiger partial charge in [-0.25, -0.2) is 4.79 Å². The van der Waals surface area contributed by atoms with Crippen LogP contribution in [0, 0.1) is 5.92 Å². The van der Waals surface area contributed by atoms with Crippen LogP contribution < -0.4 is 0 Å². The van der Waals surface area contributed by atoms with Gasteiger partial charge in [0.15, 0.2) is 0 Å². The lowest BCUT2D eigenvalue weighted by atomic mass is 9.88. The molecule has 0 saturated heterocycles. The van der Waals surface area contributed by atoms with Crippen molar-refractivity contribution in [1.82, 2.24) is 0 Å². The Hall–Kier alpha value is -1.12. The third-order valence-electron chi connectivity index (χ3n) is 2.03. The average molecular weight is 168 g/mol. The quantitative estimate of drug-likeness (QED) is 0.634. The molecule has 0 spiro atoms. The van der Waals surface area contributed by atoms with Crippen molar-refractivity contribution in [2.75, 3.05) is 0 Å². The highest BCUT2D eigenvalue weighted by molar-refractivity contribution is 5.81. The van der Waals surface area contributed by atoms with Gasteiger partial charge in [-0.05, 0) is 18.8 Å². The highest BCUT2D eigenvalue weighted by Crippen LogP contribution is 2.21. The Kier molecular flexibility index (Phi) is 3.02. The van der Waals surface area contributed by atoms with Crippen molar-refractivity contribution in [1.29, 1.82) is 0 Å². The van der Waals surface area contributed by atoms with E-state index < -0.39 is 5.97 Å². The van der Waals surface area contributed by atoms with E-state index in [1.54, 1.807) is 6.08 Å². The fraction of sp³-hybridized carbons (Fsp3) is 0.556. The Morgan fingerprint density at radius 2 is 2.33 bits per heavy atom. The molecule has 0 aromatic carbocycles. The smallest absolute Gasteiger partial charge is 0.327 e. The lowest BCUT2D eigenvalue weighted by Gasteiger charge is -2.16. The molecule has 0 bridgehead atoms. The summed E-state index contributed by atoms with van der Waals surface area (Å²) >= 11 is 0. The Labute approximate surface area is 71.1 Å². The number of hydrogen-bond donors (Lipinski definition) is 1. The van der Waals surface area contributed by atoms with Crippen LogP contribution in [0.4, 0.5) is 0 Å². The van der Waals surface area contributed by atoms with Crippen LogP contribution in [-0.2, 0) is 9.59 Å². The molecule has 1 unspecified atom stereocenters. The van der Waals surface area contributed by atoms with Gasteiger partial charge in [-0.2, -0.15) is 0 Å². The highest BCUT2D eigenvalue weighted by atomic mass is 16.4. The second kappa shape index (κ2) is 4.04. The number of allylic oxidation sites excluding steroid dienone is 1. The van der Waals surface area contributed by atoms with Crippen molar-refractivity contribution in [3.05, 3.63) is 12.2 Å². The maximum Gasteiger partial charge on any atom is 0.327 e. The van der Waals surface area contributed by atoms with Gasteiger partial charge < -0.3 is 5.11 Å². The van der Waals surface area contributed by atoms with Crippen molar-refractivity contribution in [2.24, 2.45) is 5.92 Å². The lowest BCUT2D eigenvalue weighted by molar-refractivity contribution is -0.131. The number of carboxylic acid groups (broad SMARTS) is 1. The number of carbonyl (C=O) groups excluding carboxylic acids is 1. The normalized spacial score (nSPS) is 24.7. The zero-order valence-corrected chi connectivity index (χ0v) is 6.82. The van der Waals surface area contributed by atoms with Gasteiger partial charge in [-0.15, -0.1) is 0 Å². The minimum absolute atomic E-state index is 0.155. The van der Waals surface area contributed by atoms with Crippen LogP contribution >= 0.6 is 0 Å². The minimum atomic E-state index is -0.937. The predicted octanol–water partition coefficient (Wildman–Crippen LogP) is 1.39. The minimum Gasteiger partial charge on any atom is -0.478 e. The first-order valence-electron chi connectivity index (χ1n) is 4.11. The topological polar surface area (TPSA) is 54.4 Å². The fourth-order valence-corrected chi connectivity index (χ4v) is 1.44. The summed E-state index contributed by atoms with van der Waals surface area (Å²) in [6.45, 7) is 0. The summed E-state index contributed by atoms with van der Waals surface area (Å²) in [5.74, 6) is -0.531. The van der Waals surface area contributed by atoms with Crippen LogP contribution in [0.2, 0.25) is 0 Å². The molecule has 0 aliphatic heterocycles. The van der Waals surface area contributed by atoms with E-state index in [0.717, 1.165) is 18.9 Å². The number of ketones is 1.